The molecule has 0 atom stereocenters. The van der Waals surface area contributed by atoms with E-state index >= 15 is 0 Å². The van der Waals surface area contributed by atoms with Crippen LogP contribution in [-0.2, 0) is 11.3 Å². The van der Waals surface area contributed by atoms with Crippen LogP contribution in [0.2, 0.25) is 0 Å². The fourth-order valence-electron chi connectivity index (χ4n) is 1.69. The SMILES string of the molecule is CC(C)CNCc1ccc(OCC(=O)NC(C)(C)C)cn1. The lowest BCUT2D eigenvalue weighted by Gasteiger charge is -2.20. The summed E-state index contributed by atoms with van der Waals surface area (Å²) < 4.78 is 5.42. The van der Waals surface area contributed by atoms with Crippen molar-refractivity contribution in [3.63, 3.8) is 0 Å². The number of carbonyl (C=O) groups is 1. The van der Waals surface area contributed by atoms with Gasteiger partial charge in [0.05, 0.1) is 11.9 Å². The van der Waals surface area contributed by atoms with Crippen LogP contribution in [0.4, 0.5) is 0 Å². The van der Waals surface area contributed by atoms with E-state index < -0.39 is 0 Å². The molecular weight excluding hydrogens is 266 g/mol. The Morgan fingerprint density at radius 3 is 2.57 bits per heavy atom. The molecule has 1 heterocycles. The van der Waals surface area contributed by atoms with Crippen LogP contribution in [0.5, 0.6) is 5.75 Å². The van der Waals surface area contributed by atoms with Crippen molar-refractivity contribution >= 4 is 5.91 Å². The molecule has 1 rings (SSSR count). The first-order chi connectivity index (χ1) is 9.76. The quantitative estimate of drug-likeness (QED) is 0.808. The predicted molar refractivity (Wildman–Crippen MR) is 84.2 cm³/mol. The van der Waals surface area contributed by atoms with E-state index in [0.717, 1.165) is 18.8 Å². The Morgan fingerprint density at radius 2 is 2.05 bits per heavy atom. The Morgan fingerprint density at radius 1 is 1.33 bits per heavy atom. The highest BCUT2D eigenvalue weighted by Gasteiger charge is 2.13. The third kappa shape index (κ3) is 8.30. The van der Waals surface area contributed by atoms with Crippen molar-refractivity contribution in [1.29, 1.82) is 0 Å². The smallest absolute Gasteiger partial charge is 0.258 e. The van der Waals surface area contributed by atoms with Gasteiger partial charge in [-0.2, -0.15) is 0 Å². The monoisotopic (exact) mass is 293 g/mol. The number of amides is 1. The summed E-state index contributed by atoms with van der Waals surface area (Å²) in [6.45, 7) is 11.8. The number of nitrogens with zero attached hydrogens (tertiary/aromatic N) is 1. The van der Waals surface area contributed by atoms with Gasteiger partial charge in [0, 0.05) is 12.1 Å². The highest BCUT2D eigenvalue weighted by Crippen LogP contribution is 2.09. The van der Waals surface area contributed by atoms with Crippen molar-refractivity contribution < 1.29 is 9.53 Å². The Balaban J connectivity index is 2.35. The molecule has 0 saturated heterocycles. The summed E-state index contributed by atoms with van der Waals surface area (Å²) in [5.74, 6) is 1.09. The van der Waals surface area contributed by atoms with E-state index in [4.69, 9.17) is 4.74 Å². The Labute approximate surface area is 127 Å². The molecule has 0 spiro atoms. The number of pyridine rings is 1. The summed E-state index contributed by atoms with van der Waals surface area (Å²) in [5.41, 5.74) is 0.715. The highest BCUT2D eigenvalue weighted by molar-refractivity contribution is 5.78. The van der Waals surface area contributed by atoms with E-state index in [1.807, 2.05) is 32.9 Å². The number of aromatic nitrogens is 1. The van der Waals surface area contributed by atoms with E-state index in [1.165, 1.54) is 0 Å². The minimum atomic E-state index is -0.245. The second kappa shape index (κ2) is 7.98. The maximum absolute atomic E-state index is 11.6. The fourth-order valence-corrected chi connectivity index (χ4v) is 1.69. The van der Waals surface area contributed by atoms with Crippen molar-refractivity contribution in [3.8, 4) is 5.75 Å². The van der Waals surface area contributed by atoms with Gasteiger partial charge in [-0.15, -0.1) is 0 Å². The van der Waals surface area contributed by atoms with Crippen molar-refractivity contribution in [3.05, 3.63) is 24.0 Å². The summed E-state index contributed by atoms with van der Waals surface area (Å²) in [6.07, 6.45) is 1.65. The molecule has 0 aliphatic rings. The van der Waals surface area contributed by atoms with Gasteiger partial charge in [-0.25, -0.2) is 0 Å². The molecule has 0 unspecified atom stereocenters. The van der Waals surface area contributed by atoms with Crippen LogP contribution < -0.4 is 15.4 Å². The molecule has 0 aliphatic carbocycles. The number of rotatable bonds is 7. The lowest BCUT2D eigenvalue weighted by molar-refractivity contribution is -0.124. The third-order valence-electron chi connectivity index (χ3n) is 2.54. The van der Waals surface area contributed by atoms with E-state index in [9.17, 15) is 4.79 Å². The van der Waals surface area contributed by atoms with E-state index in [1.54, 1.807) is 6.20 Å². The largest absolute Gasteiger partial charge is 0.482 e. The molecule has 1 amide bonds. The summed E-state index contributed by atoms with van der Waals surface area (Å²) in [5, 5.41) is 6.17. The summed E-state index contributed by atoms with van der Waals surface area (Å²) >= 11 is 0. The maximum Gasteiger partial charge on any atom is 0.258 e. The molecule has 0 radical (unpaired) electrons. The first kappa shape index (κ1) is 17.4. The van der Waals surface area contributed by atoms with Crippen LogP contribution >= 0.6 is 0 Å². The van der Waals surface area contributed by atoms with Gasteiger partial charge in [0.25, 0.3) is 5.91 Å². The van der Waals surface area contributed by atoms with Crippen LogP contribution in [0.15, 0.2) is 18.3 Å². The zero-order valence-electron chi connectivity index (χ0n) is 13.7. The summed E-state index contributed by atoms with van der Waals surface area (Å²) in [4.78, 5) is 15.9. The predicted octanol–water partition coefficient (Wildman–Crippen LogP) is 2.12. The maximum atomic E-state index is 11.6. The van der Waals surface area contributed by atoms with Crippen LogP contribution in [0.25, 0.3) is 0 Å². The second-order valence-electron chi connectivity index (χ2n) is 6.60. The topological polar surface area (TPSA) is 63.2 Å². The third-order valence-corrected chi connectivity index (χ3v) is 2.54. The average Bonchev–Trinajstić information content (AvgIpc) is 2.35. The van der Waals surface area contributed by atoms with E-state index in [-0.39, 0.29) is 18.1 Å². The summed E-state index contributed by atoms with van der Waals surface area (Å²) in [7, 11) is 0. The average molecular weight is 293 g/mol. The van der Waals surface area contributed by atoms with Crippen molar-refractivity contribution in [2.75, 3.05) is 13.2 Å². The first-order valence-corrected chi connectivity index (χ1v) is 7.36. The normalized spacial score (nSPS) is 11.5. The van der Waals surface area contributed by atoms with Crippen molar-refractivity contribution in [2.24, 2.45) is 5.92 Å². The highest BCUT2D eigenvalue weighted by atomic mass is 16.5. The zero-order valence-corrected chi connectivity index (χ0v) is 13.7. The number of hydrogen-bond donors (Lipinski definition) is 2. The molecule has 1 aromatic heterocycles. The van der Waals surface area contributed by atoms with Crippen LogP contribution in [-0.4, -0.2) is 29.6 Å². The van der Waals surface area contributed by atoms with E-state index in [2.05, 4.69) is 29.5 Å². The molecule has 21 heavy (non-hydrogen) atoms. The van der Waals surface area contributed by atoms with Gasteiger partial charge in [-0.05, 0) is 45.4 Å². The van der Waals surface area contributed by atoms with Gasteiger partial charge < -0.3 is 15.4 Å². The van der Waals surface area contributed by atoms with E-state index in [0.29, 0.717) is 11.7 Å². The van der Waals surface area contributed by atoms with Gasteiger partial charge in [0.15, 0.2) is 6.61 Å². The zero-order chi connectivity index (χ0) is 15.9. The second-order valence-corrected chi connectivity index (χ2v) is 6.60. The van der Waals surface area contributed by atoms with Crippen LogP contribution in [0.1, 0.15) is 40.3 Å². The first-order valence-electron chi connectivity index (χ1n) is 7.36. The molecule has 0 aromatic carbocycles. The lowest BCUT2D eigenvalue weighted by Crippen LogP contribution is -2.43. The molecule has 1 aromatic rings. The van der Waals surface area contributed by atoms with Gasteiger partial charge in [0.1, 0.15) is 5.75 Å². The number of ether oxygens (including phenoxy) is 1. The molecular formula is C16H27N3O2. The molecule has 5 heteroatoms. The molecule has 0 saturated carbocycles. The molecule has 5 nitrogen and oxygen atoms in total. The number of carbonyl (C=O) groups excluding carboxylic acids is 1. The molecule has 0 aliphatic heterocycles. The Kier molecular flexibility index (Phi) is 6.62. The lowest BCUT2D eigenvalue weighted by atomic mass is 10.1. The Hall–Kier alpha value is -1.62. The molecule has 0 fully saturated rings. The van der Waals surface area contributed by atoms with Gasteiger partial charge in [0.2, 0.25) is 0 Å². The molecule has 0 bridgehead atoms. The summed E-state index contributed by atoms with van der Waals surface area (Å²) in [6, 6.07) is 3.74. The fraction of sp³-hybridized carbons (Fsp3) is 0.625. The standard InChI is InChI=1S/C16H27N3O2/c1-12(2)8-17-9-13-6-7-14(10-18-13)21-11-15(20)19-16(3,4)5/h6-7,10,12,17H,8-9,11H2,1-5H3,(H,19,20). The van der Waals surface area contributed by atoms with Crippen LogP contribution in [0, 0.1) is 5.92 Å². The molecule has 118 valence electrons. The van der Waals surface area contributed by atoms with Crippen molar-refractivity contribution in [1.82, 2.24) is 15.6 Å². The minimum absolute atomic E-state index is 0.00387. The van der Waals surface area contributed by atoms with Gasteiger partial charge in [-0.3, -0.25) is 9.78 Å². The van der Waals surface area contributed by atoms with Gasteiger partial charge >= 0.3 is 0 Å². The number of hydrogen-bond acceptors (Lipinski definition) is 4. The molecule has 2 N–H and O–H groups in total. The van der Waals surface area contributed by atoms with Gasteiger partial charge in [-0.1, -0.05) is 13.8 Å². The number of nitrogens with one attached hydrogen (secondary N) is 2. The van der Waals surface area contributed by atoms with Crippen molar-refractivity contribution in [2.45, 2.75) is 46.7 Å². The minimum Gasteiger partial charge on any atom is -0.482 e. The Bertz CT molecular complexity index is 436. The van der Waals surface area contributed by atoms with Crippen LogP contribution in [0.3, 0.4) is 0 Å².